The second-order valence-corrected chi connectivity index (χ2v) is 8.66. The number of hydrogen-bond donors (Lipinski definition) is 0. The van der Waals surface area contributed by atoms with E-state index < -0.39 is 11.6 Å². The predicted molar refractivity (Wildman–Crippen MR) is 118 cm³/mol. The van der Waals surface area contributed by atoms with Crippen LogP contribution in [0.25, 0.3) is 0 Å². The summed E-state index contributed by atoms with van der Waals surface area (Å²) in [5, 5.41) is -0.227. The van der Waals surface area contributed by atoms with Crippen molar-refractivity contribution in [3.63, 3.8) is 0 Å². The summed E-state index contributed by atoms with van der Waals surface area (Å²) in [4.78, 5) is 28.0. The lowest BCUT2D eigenvalue weighted by Crippen LogP contribution is -2.34. The fourth-order valence-electron chi connectivity index (χ4n) is 3.77. The van der Waals surface area contributed by atoms with E-state index in [4.69, 9.17) is 0 Å². The molecular formula is C25H21F2NO2S. The van der Waals surface area contributed by atoms with Crippen molar-refractivity contribution in [3.05, 3.63) is 107 Å². The minimum absolute atomic E-state index is 0.201. The Kier molecular flexibility index (Phi) is 6.47. The van der Waals surface area contributed by atoms with Gasteiger partial charge in [-0.3, -0.25) is 9.59 Å². The van der Waals surface area contributed by atoms with Gasteiger partial charge >= 0.3 is 0 Å². The van der Waals surface area contributed by atoms with Crippen LogP contribution in [0.15, 0.2) is 72.8 Å². The van der Waals surface area contributed by atoms with E-state index in [1.807, 2.05) is 6.07 Å². The number of benzene rings is 3. The Bertz CT molecular complexity index is 1100. The first-order valence-corrected chi connectivity index (χ1v) is 11.1. The largest absolute Gasteiger partial charge is 0.338 e. The molecule has 158 valence electrons. The summed E-state index contributed by atoms with van der Waals surface area (Å²) in [6.45, 7) is 0.880. The first kappa shape index (κ1) is 21.2. The van der Waals surface area contributed by atoms with Crippen molar-refractivity contribution in [3.8, 4) is 0 Å². The van der Waals surface area contributed by atoms with Crippen LogP contribution in [0, 0.1) is 11.6 Å². The third-order valence-corrected chi connectivity index (χ3v) is 6.68. The van der Waals surface area contributed by atoms with Crippen molar-refractivity contribution >= 4 is 23.5 Å². The molecule has 0 aromatic heterocycles. The van der Waals surface area contributed by atoms with Gasteiger partial charge in [-0.05, 0) is 30.7 Å². The van der Waals surface area contributed by atoms with Gasteiger partial charge in [0.2, 0.25) is 0 Å². The minimum atomic E-state index is -0.470. The molecule has 1 aliphatic rings. The van der Waals surface area contributed by atoms with Gasteiger partial charge in [0, 0.05) is 40.8 Å². The highest BCUT2D eigenvalue weighted by molar-refractivity contribution is 7.99. The van der Waals surface area contributed by atoms with Crippen molar-refractivity contribution in [1.82, 2.24) is 4.90 Å². The molecule has 3 aromatic rings. The molecule has 0 spiro atoms. The smallest absolute Gasteiger partial charge is 0.254 e. The lowest BCUT2D eigenvalue weighted by molar-refractivity contribution is 0.0762. The van der Waals surface area contributed by atoms with Crippen molar-refractivity contribution in [1.29, 1.82) is 0 Å². The average Bonchev–Trinajstić information content (AvgIpc) is 3.06. The number of ketones is 1. The molecule has 1 aliphatic heterocycles. The van der Waals surface area contributed by atoms with Gasteiger partial charge in [-0.25, -0.2) is 8.78 Å². The fraction of sp³-hybridized carbons (Fsp3) is 0.200. The summed E-state index contributed by atoms with van der Waals surface area (Å²) in [7, 11) is 0. The Balaban J connectivity index is 1.54. The summed E-state index contributed by atoms with van der Waals surface area (Å²) < 4.78 is 27.8. The molecule has 1 amide bonds. The molecule has 1 heterocycles. The lowest BCUT2D eigenvalue weighted by Gasteiger charge is -2.22. The van der Waals surface area contributed by atoms with Crippen LogP contribution in [0.3, 0.4) is 0 Å². The highest BCUT2D eigenvalue weighted by atomic mass is 32.2. The van der Waals surface area contributed by atoms with Gasteiger partial charge in [0.1, 0.15) is 11.6 Å². The maximum Gasteiger partial charge on any atom is 0.254 e. The molecule has 3 nitrogen and oxygen atoms in total. The first-order chi connectivity index (χ1) is 15.0. The number of carbonyl (C=O) groups excluding carboxylic acids is 2. The third kappa shape index (κ3) is 4.69. The maximum atomic E-state index is 14.2. The molecule has 1 saturated heterocycles. The van der Waals surface area contributed by atoms with Crippen LogP contribution in [-0.2, 0) is 0 Å². The molecule has 0 unspecified atom stereocenters. The SMILES string of the molecule is O=C(c1ccccc1)c1ccccc1C(=O)N1CCS[C@@H](c2cc(F)ccc2F)CC1. The van der Waals surface area contributed by atoms with Crippen LogP contribution >= 0.6 is 11.8 Å². The number of halogens is 2. The maximum absolute atomic E-state index is 14.2. The lowest BCUT2D eigenvalue weighted by atomic mass is 9.97. The molecule has 0 radical (unpaired) electrons. The number of carbonyl (C=O) groups is 2. The summed E-state index contributed by atoms with van der Waals surface area (Å²) in [5.74, 6) is -0.726. The molecular weight excluding hydrogens is 416 g/mol. The second-order valence-electron chi connectivity index (χ2n) is 7.35. The molecule has 0 N–H and O–H groups in total. The third-order valence-electron chi connectivity index (χ3n) is 5.37. The van der Waals surface area contributed by atoms with E-state index in [1.54, 1.807) is 53.4 Å². The van der Waals surface area contributed by atoms with E-state index in [0.29, 0.717) is 47.5 Å². The molecule has 4 rings (SSSR count). The highest BCUT2D eigenvalue weighted by Gasteiger charge is 2.27. The number of nitrogens with zero attached hydrogens (tertiary/aromatic N) is 1. The summed E-state index contributed by atoms with van der Waals surface area (Å²) in [6, 6.07) is 19.2. The highest BCUT2D eigenvalue weighted by Crippen LogP contribution is 2.36. The van der Waals surface area contributed by atoms with Crippen LogP contribution in [0.1, 0.15) is 43.5 Å². The van der Waals surface area contributed by atoms with Gasteiger partial charge in [-0.1, -0.05) is 48.5 Å². The van der Waals surface area contributed by atoms with Crippen LogP contribution in [0.2, 0.25) is 0 Å². The van der Waals surface area contributed by atoms with Crippen LogP contribution in [0.4, 0.5) is 8.78 Å². The van der Waals surface area contributed by atoms with Gasteiger partial charge in [0.15, 0.2) is 5.78 Å². The number of hydrogen-bond acceptors (Lipinski definition) is 3. The van der Waals surface area contributed by atoms with Gasteiger partial charge in [-0.2, -0.15) is 11.8 Å². The van der Waals surface area contributed by atoms with Crippen LogP contribution in [-0.4, -0.2) is 35.4 Å². The Hall–Kier alpha value is -2.99. The molecule has 0 saturated carbocycles. The average molecular weight is 438 g/mol. The Morgan fingerprint density at radius 2 is 1.58 bits per heavy atom. The molecule has 0 aliphatic carbocycles. The van der Waals surface area contributed by atoms with Crippen LogP contribution < -0.4 is 0 Å². The first-order valence-electron chi connectivity index (χ1n) is 10.1. The molecule has 31 heavy (non-hydrogen) atoms. The van der Waals surface area contributed by atoms with E-state index in [1.165, 1.54) is 17.8 Å². The number of rotatable bonds is 4. The van der Waals surface area contributed by atoms with Crippen molar-refractivity contribution in [2.24, 2.45) is 0 Å². The zero-order chi connectivity index (χ0) is 21.8. The number of amides is 1. The Morgan fingerprint density at radius 1 is 0.871 bits per heavy atom. The summed E-state index contributed by atoms with van der Waals surface area (Å²) in [5.41, 5.74) is 1.58. The van der Waals surface area contributed by atoms with Gasteiger partial charge in [-0.15, -0.1) is 0 Å². The van der Waals surface area contributed by atoms with Crippen molar-refractivity contribution in [2.45, 2.75) is 11.7 Å². The minimum Gasteiger partial charge on any atom is -0.338 e. The normalized spacial score (nSPS) is 16.6. The second kappa shape index (κ2) is 9.43. The summed E-state index contributed by atoms with van der Waals surface area (Å²) >= 11 is 1.52. The van der Waals surface area contributed by atoms with E-state index >= 15 is 0 Å². The molecule has 6 heteroatoms. The Morgan fingerprint density at radius 3 is 2.35 bits per heavy atom. The predicted octanol–water partition coefficient (Wildman–Crippen LogP) is 5.52. The molecule has 3 aromatic carbocycles. The Labute approximate surface area is 184 Å². The molecule has 1 atom stereocenters. The monoisotopic (exact) mass is 437 g/mol. The standard InChI is InChI=1S/C25H21F2NO2S/c26-18-10-11-22(27)21(16-18)23-12-13-28(14-15-31-23)25(30)20-9-5-4-8-19(20)24(29)17-6-2-1-3-7-17/h1-11,16,23H,12-15H2/t23-/m1/s1. The van der Waals surface area contributed by atoms with Gasteiger partial charge in [0.25, 0.3) is 5.91 Å². The quantitative estimate of drug-likeness (QED) is 0.505. The topological polar surface area (TPSA) is 37.4 Å². The van der Waals surface area contributed by atoms with Crippen LogP contribution in [0.5, 0.6) is 0 Å². The zero-order valence-corrected chi connectivity index (χ0v) is 17.6. The van der Waals surface area contributed by atoms with E-state index in [0.717, 1.165) is 12.1 Å². The van der Waals surface area contributed by atoms with Gasteiger partial charge in [0.05, 0.1) is 5.56 Å². The van der Waals surface area contributed by atoms with E-state index in [2.05, 4.69) is 0 Å². The van der Waals surface area contributed by atoms with E-state index in [9.17, 15) is 18.4 Å². The molecule has 1 fully saturated rings. The summed E-state index contributed by atoms with van der Waals surface area (Å²) in [6.07, 6.45) is 0.506. The van der Waals surface area contributed by atoms with Crippen molar-refractivity contribution in [2.75, 3.05) is 18.8 Å². The van der Waals surface area contributed by atoms with Gasteiger partial charge < -0.3 is 4.90 Å². The van der Waals surface area contributed by atoms with Crippen molar-refractivity contribution < 1.29 is 18.4 Å². The molecule has 0 bridgehead atoms. The fourth-order valence-corrected chi connectivity index (χ4v) is 5.01. The van der Waals surface area contributed by atoms with E-state index in [-0.39, 0.29) is 16.9 Å². The number of thioether (sulfide) groups is 1. The zero-order valence-electron chi connectivity index (χ0n) is 16.8.